The van der Waals surface area contributed by atoms with Crippen LogP contribution in [0.1, 0.15) is 35.4 Å². The number of nitrogens with zero attached hydrogens (tertiary/aromatic N) is 2. The summed E-state index contributed by atoms with van der Waals surface area (Å²) in [4.78, 5) is 21.8. The van der Waals surface area contributed by atoms with Gasteiger partial charge >= 0.3 is 0 Å². The fraction of sp³-hybridized carbons (Fsp3) is 0.474. The smallest absolute Gasteiger partial charge is 0.270 e. The van der Waals surface area contributed by atoms with E-state index in [2.05, 4.69) is 9.97 Å². The second kappa shape index (κ2) is 7.37. The minimum atomic E-state index is 0.0750. The minimum absolute atomic E-state index is 0.0750. The van der Waals surface area contributed by atoms with Gasteiger partial charge in [0.25, 0.3) is 5.91 Å². The molecule has 2 saturated heterocycles. The van der Waals surface area contributed by atoms with Crippen LogP contribution in [0.15, 0.2) is 42.7 Å². The first kappa shape index (κ1) is 16.3. The van der Waals surface area contributed by atoms with Gasteiger partial charge in [-0.1, -0.05) is 6.07 Å². The molecular weight excluding hydrogens is 318 g/mol. The van der Waals surface area contributed by atoms with Gasteiger partial charge in [-0.15, -0.1) is 0 Å². The monoisotopic (exact) mass is 341 g/mol. The number of amides is 1. The lowest BCUT2D eigenvalue weighted by molar-refractivity contribution is -0.0990. The summed E-state index contributed by atoms with van der Waals surface area (Å²) in [7, 11) is 0. The molecule has 0 radical (unpaired) electrons. The molecule has 2 fully saturated rings. The minimum Gasteiger partial charge on any atom is -0.372 e. The van der Waals surface area contributed by atoms with Gasteiger partial charge in [-0.2, -0.15) is 0 Å². The molecule has 6 nitrogen and oxygen atoms in total. The molecule has 6 heteroatoms. The quantitative estimate of drug-likeness (QED) is 0.907. The van der Waals surface area contributed by atoms with E-state index in [1.165, 1.54) is 0 Å². The number of aromatic amines is 1. The van der Waals surface area contributed by atoms with Crippen LogP contribution in [0.4, 0.5) is 0 Å². The average Bonchev–Trinajstić information content (AvgIpc) is 3.32. The van der Waals surface area contributed by atoms with Crippen molar-refractivity contribution in [1.29, 1.82) is 0 Å². The van der Waals surface area contributed by atoms with E-state index in [0.717, 1.165) is 31.5 Å². The van der Waals surface area contributed by atoms with E-state index >= 15 is 0 Å². The molecule has 0 spiro atoms. The number of hydrogen-bond donors (Lipinski definition) is 1. The Morgan fingerprint density at radius 1 is 1.28 bits per heavy atom. The van der Waals surface area contributed by atoms with E-state index in [1.54, 1.807) is 12.4 Å². The van der Waals surface area contributed by atoms with E-state index in [0.29, 0.717) is 18.9 Å². The molecule has 2 aromatic heterocycles. The normalized spacial score (nSPS) is 25.8. The third-order valence-electron chi connectivity index (χ3n) is 5.00. The standard InChI is InChI=1S/C19H23N3O3/c23-19(16-5-3-10-21-16)22-11-8-18-17(22)7-6-15(25-18)13-24-12-14-4-1-2-9-20-14/h1-5,9-10,15,17-18,21H,6-8,11-13H2/t15-,17-,18-/m0/s1. The summed E-state index contributed by atoms with van der Waals surface area (Å²) in [5, 5.41) is 0. The van der Waals surface area contributed by atoms with Gasteiger partial charge < -0.3 is 19.4 Å². The van der Waals surface area contributed by atoms with Crippen molar-refractivity contribution in [3.63, 3.8) is 0 Å². The summed E-state index contributed by atoms with van der Waals surface area (Å²) in [6.07, 6.45) is 6.56. The molecule has 4 rings (SSSR count). The van der Waals surface area contributed by atoms with Gasteiger partial charge in [-0.05, 0) is 43.5 Å². The van der Waals surface area contributed by atoms with Gasteiger partial charge in [0.1, 0.15) is 5.69 Å². The molecule has 0 bridgehead atoms. The molecule has 0 aliphatic carbocycles. The van der Waals surface area contributed by atoms with Gasteiger partial charge in [0, 0.05) is 18.9 Å². The number of fused-ring (bicyclic) bond motifs is 1. The highest BCUT2D eigenvalue weighted by Crippen LogP contribution is 2.32. The molecule has 1 amide bonds. The van der Waals surface area contributed by atoms with Crippen molar-refractivity contribution in [2.24, 2.45) is 0 Å². The largest absolute Gasteiger partial charge is 0.372 e. The number of carbonyl (C=O) groups excluding carboxylic acids is 1. The van der Waals surface area contributed by atoms with Crippen LogP contribution >= 0.6 is 0 Å². The lowest BCUT2D eigenvalue weighted by Gasteiger charge is -2.35. The van der Waals surface area contributed by atoms with Gasteiger partial charge in [-0.25, -0.2) is 0 Å². The van der Waals surface area contributed by atoms with Crippen molar-refractivity contribution < 1.29 is 14.3 Å². The SMILES string of the molecule is O=C(c1ccc[nH]1)N1CC[C@@H]2O[C@H](COCc3ccccn3)CC[C@@H]21. The zero-order valence-corrected chi connectivity index (χ0v) is 14.1. The van der Waals surface area contributed by atoms with E-state index < -0.39 is 0 Å². The van der Waals surface area contributed by atoms with Crippen molar-refractivity contribution in [1.82, 2.24) is 14.9 Å². The van der Waals surface area contributed by atoms with E-state index in [9.17, 15) is 4.79 Å². The van der Waals surface area contributed by atoms with Crippen molar-refractivity contribution in [2.75, 3.05) is 13.2 Å². The van der Waals surface area contributed by atoms with E-state index in [-0.39, 0.29) is 24.2 Å². The highest BCUT2D eigenvalue weighted by Gasteiger charge is 2.42. The van der Waals surface area contributed by atoms with Crippen LogP contribution in [-0.4, -0.2) is 52.2 Å². The first-order valence-electron chi connectivity index (χ1n) is 8.89. The summed E-state index contributed by atoms with van der Waals surface area (Å²) >= 11 is 0. The number of pyridine rings is 1. The first-order chi connectivity index (χ1) is 12.3. The maximum atomic E-state index is 12.6. The molecule has 2 aliphatic rings. The second-order valence-electron chi connectivity index (χ2n) is 6.65. The maximum Gasteiger partial charge on any atom is 0.270 e. The molecule has 2 aliphatic heterocycles. The molecule has 2 aromatic rings. The Morgan fingerprint density at radius 2 is 2.24 bits per heavy atom. The third kappa shape index (κ3) is 3.60. The summed E-state index contributed by atoms with van der Waals surface area (Å²) in [5.41, 5.74) is 1.58. The number of ether oxygens (including phenoxy) is 2. The molecule has 0 aromatic carbocycles. The molecule has 25 heavy (non-hydrogen) atoms. The van der Waals surface area contributed by atoms with Gasteiger partial charge in [0.15, 0.2) is 0 Å². The maximum absolute atomic E-state index is 12.6. The summed E-state index contributed by atoms with van der Waals surface area (Å²) < 4.78 is 12.0. The molecule has 3 atom stereocenters. The van der Waals surface area contributed by atoms with Crippen LogP contribution in [0, 0.1) is 0 Å². The zero-order valence-electron chi connectivity index (χ0n) is 14.1. The number of nitrogens with one attached hydrogen (secondary N) is 1. The van der Waals surface area contributed by atoms with E-state index in [1.807, 2.05) is 35.2 Å². The Hall–Kier alpha value is -2.18. The van der Waals surface area contributed by atoms with Crippen LogP contribution in [0.25, 0.3) is 0 Å². The Balaban J connectivity index is 1.27. The average molecular weight is 341 g/mol. The fourth-order valence-electron chi connectivity index (χ4n) is 3.77. The van der Waals surface area contributed by atoms with Gasteiger partial charge in [-0.3, -0.25) is 9.78 Å². The highest BCUT2D eigenvalue weighted by molar-refractivity contribution is 5.92. The zero-order chi connectivity index (χ0) is 17.1. The van der Waals surface area contributed by atoms with Crippen LogP contribution in [0.3, 0.4) is 0 Å². The lowest BCUT2D eigenvalue weighted by atomic mass is 9.99. The summed E-state index contributed by atoms with van der Waals surface area (Å²) in [6.45, 7) is 1.84. The molecule has 0 unspecified atom stereocenters. The topological polar surface area (TPSA) is 67.5 Å². The second-order valence-corrected chi connectivity index (χ2v) is 6.65. The van der Waals surface area contributed by atoms with Crippen molar-refractivity contribution >= 4 is 5.91 Å². The third-order valence-corrected chi connectivity index (χ3v) is 5.00. The highest BCUT2D eigenvalue weighted by atomic mass is 16.5. The fourth-order valence-corrected chi connectivity index (χ4v) is 3.77. The number of rotatable bonds is 5. The number of H-pyrrole nitrogens is 1. The van der Waals surface area contributed by atoms with Crippen molar-refractivity contribution in [3.05, 3.63) is 54.1 Å². The van der Waals surface area contributed by atoms with Crippen molar-refractivity contribution in [2.45, 2.75) is 44.1 Å². The van der Waals surface area contributed by atoms with Gasteiger partial charge in [0.2, 0.25) is 0 Å². The van der Waals surface area contributed by atoms with Crippen LogP contribution in [-0.2, 0) is 16.1 Å². The molecule has 4 heterocycles. The van der Waals surface area contributed by atoms with Crippen LogP contribution in [0.2, 0.25) is 0 Å². The predicted octanol–water partition coefficient (Wildman–Crippen LogP) is 2.39. The Bertz CT molecular complexity index is 689. The number of carbonyl (C=O) groups is 1. The predicted molar refractivity (Wildman–Crippen MR) is 92.0 cm³/mol. The summed E-state index contributed by atoms with van der Waals surface area (Å²) in [6, 6.07) is 9.68. The van der Waals surface area contributed by atoms with E-state index in [4.69, 9.17) is 9.47 Å². The summed E-state index contributed by atoms with van der Waals surface area (Å²) in [5.74, 6) is 0.0750. The number of aromatic nitrogens is 2. The molecular formula is C19H23N3O3. The first-order valence-corrected chi connectivity index (χ1v) is 8.89. The molecule has 0 saturated carbocycles. The Kier molecular flexibility index (Phi) is 4.81. The van der Waals surface area contributed by atoms with Gasteiger partial charge in [0.05, 0.1) is 37.2 Å². The van der Waals surface area contributed by atoms with Crippen LogP contribution < -0.4 is 0 Å². The number of likely N-dealkylation sites (tertiary alicyclic amines) is 1. The van der Waals surface area contributed by atoms with Crippen LogP contribution in [0.5, 0.6) is 0 Å². The van der Waals surface area contributed by atoms with Crippen molar-refractivity contribution in [3.8, 4) is 0 Å². The number of hydrogen-bond acceptors (Lipinski definition) is 4. The Labute approximate surface area is 147 Å². The Morgan fingerprint density at radius 3 is 3.04 bits per heavy atom. The molecule has 132 valence electrons. The lowest BCUT2D eigenvalue weighted by Crippen LogP contribution is -2.46. The molecule has 1 N–H and O–H groups in total.